The number of hydrogen-bond donors (Lipinski definition) is 0. The van der Waals surface area contributed by atoms with Gasteiger partial charge < -0.3 is 28.4 Å². The van der Waals surface area contributed by atoms with Gasteiger partial charge in [-0.1, -0.05) is 20.3 Å². The Bertz CT molecular complexity index is 274. The minimum atomic E-state index is -0.174. The summed E-state index contributed by atoms with van der Waals surface area (Å²) >= 11 is 0. The van der Waals surface area contributed by atoms with Gasteiger partial charge in [-0.15, -0.1) is 0 Å². The second-order valence-electron chi connectivity index (χ2n) is 5.39. The van der Waals surface area contributed by atoms with Crippen molar-refractivity contribution in [3.05, 3.63) is 0 Å². The van der Waals surface area contributed by atoms with Crippen molar-refractivity contribution in [2.75, 3.05) is 72.7 Å². The quantitative estimate of drug-likeness (QED) is 0.242. The van der Waals surface area contributed by atoms with E-state index in [1.165, 1.54) is 0 Å². The van der Waals surface area contributed by atoms with Crippen LogP contribution in [0.15, 0.2) is 0 Å². The Morgan fingerprint density at radius 3 is 1.36 bits per heavy atom. The molecule has 0 unspecified atom stereocenters. The molecule has 0 aliphatic carbocycles. The molecule has 0 aromatic rings. The topological polar surface area (TPSA) is 72.5 Å². The Hall–Kier alpha value is -0.730. The fourth-order valence-electron chi connectivity index (χ4n) is 1.72. The van der Waals surface area contributed by atoms with E-state index in [2.05, 4.69) is 6.92 Å². The van der Waals surface area contributed by atoms with E-state index in [4.69, 9.17) is 28.4 Å². The first-order valence-electron chi connectivity index (χ1n) is 9.35. The zero-order valence-corrected chi connectivity index (χ0v) is 16.0. The van der Waals surface area contributed by atoms with Gasteiger partial charge in [0.05, 0.1) is 59.5 Å². The van der Waals surface area contributed by atoms with Gasteiger partial charge in [-0.05, 0) is 12.8 Å². The number of unbranched alkanes of at least 4 members (excludes halogenated alkanes) is 1. The van der Waals surface area contributed by atoms with E-state index < -0.39 is 0 Å². The third-order valence-corrected chi connectivity index (χ3v) is 3.08. The average molecular weight is 364 g/mol. The van der Waals surface area contributed by atoms with Crippen LogP contribution < -0.4 is 0 Å². The van der Waals surface area contributed by atoms with Crippen molar-refractivity contribution in [3.63, 3.8) is 0 Å². The summed E-state index contributed by atoms with van der Waals surface area (Å²) < 4.78 is 31.8. The SMILES string of the molecule is CCCCOCCOCCOCCOCCOCCOC(=O)CCC. The molecule has 0 aromatic heterocycles. The van der Waals surface area contributed by atoms with Crippen LogP contribution >= 0.6 is 0 Å². The van der Waals surface area contributed by atoms with Crippen LogP contribution in [0.1, 0.15) is 39.5 Å². The van der Waals surface area contributed by atoms with Crippen LogP contribution in [-0.2, 0) is 33.2 Å². The molecule has 0 saturated heterocycles. The maximum absolute atomic E-state index is 11.1. The maximum atomic E-state index is 11.1. The molecule has 0 heterocycles. The molecule has 0 radical (unpaired) electrons. The summed E-state index contributed by atoms with van der Waals surface area (Å²) in [5.74, 6) is -0.174. The van der Waals surface area contributed by atoms with E-state index in [-0.39, 0.29) is 5.97 Å². The van der Waals surface area contributed by atoms with Gasteiger partial charge in [0.15, 0.2) is 0 Å². The van der Waals surface area contributed by atoms with Gasteiger partial charge in [-0.25, -0.2) is 0 Å². The molecule has 7 nitrogen and oxygen atoms in total. The monoisotopic (exact) mass is 364 g/mol. The second-order valence-corrected chi connectivity index (χ2v) is 5.39. The van der Waals surface area contributed by atoms with Crippen molar-refractivity contribution in [2.24, 2.45) is 0 Å². The largest absolute Gasteiger partial charge is 0.463 e. The third-order valence-electron chi connectivity index (χ3n) is 3.08. The lowest BCUT2D eigenvalue weighted by atomic mass is 10.3. The van der Waals surface area contributed by atoms with Crippen LogP contribution in [0.2, 0.25) is 0 Å². The lowest BCUT2D eigenvalue weighted by Crippen LogP contribution is -2.14. The number of hydrogen-bond acceptors (Lipinski definition) is 7. The first-order chi connectivity index (χ1) is 12.3. The summed E-state index contributed by atoms with van der Waals surface area (Å²) in [5, 5.41) is 0. The van der Waals surface area contributed by atoms with Gasteiger partial charge >= 0.3 is 5.97 Å². The van der Waals surface area contributed by atoms with Crippen molar-refractivity contribution >= 4 is 5.97 Å². The minimum Gasteiger partial charge on any atom is -0.463 e. The molecule has 0 saturated carbocycles. The average Bonchev–Trinajstić information content (AvgIpc) is 2.61. The standard InChI is InChI=1S/C18H36O7/c1-3-5-7-20-8-9-21-10-11-22-12-13-23-14-15-24-16-17-25-18(19)6-4-2/h3-17H2,1-2H3. The molecule has 0 aliphatic rings. The molecule has 0 aromatic carbocycles. The first kappa shape index (κ1) is 24.3. The Labute approximate surface area is 152 Å². The van der Waals surface area contributed by atoms with Gasteiger partial charge in [-0.2, -0.15) is 0 Å². The van der Waals surface area contributed by atoms with E-state index in [0.29, 0.717) is 72.5 Å². The molecule has 0 amide bonds. The Morgan fingerprint density at radius 2 is 0.960 bits per heavy atom. The molecule has 0 bridgehead atoms. The van der Waals surface area contributed by atoms with E-state index in [1.807, 2.05) is 6.92 Å². The van der Waals surface area contributed by atoms with Crippen LogP contribution in [0.5, 0.6) is 0 Å². The molecule has 0 N–H and O–H groups in total. The zero-order valence-electron chi connectivity index (χ0n) is 16.0. The van der Waals surface area contributed by atoms with Crippen molar-refractivity contribution in [1.29, 1.82) is 0 Å². The normalized spacial score (nSPS) is 11.0. The highest BCUT2D eigenvalue weighted by molar-refractivity contribution is 5.69. The van der Waals surface area contributed by atoms with Crippen molar-refractivity contribution in [3.8, 4) is 0 Å². The molecular weight excluding hydrogens is 328 g/mol. The number of ether oxygens (including phenoxy) is 6. The third kappa shape index (κ3) is 21.2. The van der Waals surface area contributed by atoms with Gasteiger partial charge in [0.1, 0.15) is 6.61 Å². The Morgan fingerprint density at radius 1 is 0.560 bits per heavy atom. The summed E-state index contributed by atoms with van der Waals surface area (Å²) in [6.07, 6.45) is 3.51. The molecular formula is C18H36O7. The Balaban J connectivity index is 3.02. The number of esters is 1. The second kappa shape index (κ2) is 21.3. The molecule has 25 heavy (non-hydrogen) atoms. The highest BCUT2D eigenvalue weighted by Gasteiger charge is 1.99. The van der Waals surface area contributed by atoms with Crippen molar-refractivity contribution in [2.45, 2.75) is 39.5 Å². The lowest BCUT2D eigenvalue weighted by Gasteiger charge is -2.08. The molecule has 0 fully saturated rings. The van der Waals surface area contributed by atoms with Crippen LogP contribution in [0.3, 0.4) is 0 Å². The van der Waals surface area contributed by atoms with Crippen LogP contribution in [0.25, 0.3) is 0 Å². The molecule has 0 aliphatic heterocycles. The number of carbonyl (C=O) groups is 1. The lowest BCUT2D eigenvalue weighted by molar-refractivity contribution is -0.145. The van der Waals surface area contributed by atoms with Gasteiger partial charge in [0.25, 0.3) is 0 Å². The summed E-state index contributed by atoms with van der Waals surface area (Å²) in [7, 11) is 0. The predicted octanol–water partition coefficient (Wildman–Crippen LogP) is 2.21. The summed E-state index contributed by atoms with van der Waals surface area (Å²) in [6.45, 7) is 9.98. The predicted molar refractivity (Wildman–Crippen MR) is 94.9 cm³/mol. The number of rotatable bonds is 20. The van der Waals surface area contributed by atoms with Crippen LogP contribution in [-0.4, -0.2) is 78.6 Å². The number of carbonyl (C=O) groups excluding carboxylic acids is 1. The molecule has 0 rings (SSSR count). The molecule has 0 atom stereocenters. The van der Waals surface area contributed by atoms with Crippen LogP contribution in [0, 0.1) is 0 Å². The van der Waals surface area contributed by atoms with Crippen LogP contribution in [0.4, 0.5) is 0 Å². The van der Waals surface area contributed by atoms with E-state index >= 15 is 0 Å². The Kier molecular flexibility index (Phi) is 20.7. The fraction of sp³-hybridized carbons (Fsp3) is 0.944. The van der Waals surface area contributed by atoms with E-state index in [9.17, 15) is 4.79 Å². The van der Waals surface area contributed by atoms with Gasteiger partial charge in [0, 0.05) is 13.0 Å². The highest BCUT2D eigenvalue weighted by atomic mass is 16.6. The first-order valence-corrected chi connectivity index (χ1v) is 9.35. The van der Waals surface area contributed by atoms with Gasteiger partial charge in [-0.3, -0.25) is 4.79 Å². The van der Waals surface area contributed by atoms with Gasteiger partial charge in [0.2, 0.25) is 0 Å². The summed E-state index contributed by atoms with van der Waals surface area (Å²) in [4.78, 5) is 11.1. The smallest absolute Gasteiger partial charge is 0.305 e. The molecule has 150 valence electrons. The summed E-state index contributed by atoms with van der Waals surface area (Å²) in [6, 6.07) is 0. The zero-order chi connectivity index (χ0) is 18.4. The maximum Gasteiger partial charge on any atom is 0.305 e. The molecule has 7 heteroatoms. The molecule has 0 spiro atoms. The fourth-order valence-corrected chi connectivity index (χ4v) is 1.72. The highest BCUT2D eigenvalue weighted by Crippen LogP contribution is 1.91. The summed E-state index contributed by atoms with van der Waals surface area (Å²) in [5.41, 5.74) is 0. The van der Waals surface area contributed by atoms with Crippen molar-refractivity contribution in [1.82, 2.24) is 0 Å². The van der Waals surface area contributed by atoms with E-state index in [1.54, 1.807) is 0 Å². The van der Waals surface area contributed by atoms with Crippen molar-refractivity contribution < 1.29 is 33.2 Å². The van der Waals surface area contributed by atoms with E-state index in [0.717, 1.165) is 25.9 Å². The minimum absolute atomic E-state index is 0.174.